The first-order valence-electron chi connectivity index (χ1n) is 5.04. The Bertz CT molecular complexity index is 367. The number of nitrogens with two attached hydrogens (primary N) is 1. The maximum absolute atomic E-state index is 11.1. The van der Waals surface area contributed by atoms with Crippen molar-refractivity contribution in [3.63, 3.8) is 0 Å². The van der Waals surface area contributed by atoms with Crippen LogP contribution in [0.3, 0.4) is 0 Å². The van der Waals surface area contributed by atoms with Crippen LogP contribution in [-0.2, 0) is 15.0 Å². The zero-order valence-corrected chi connectivity index (χ0v) is 9.16. The maximum Gasteiger partial charge on any atom is 0.276 e. The van der Waals surface area contributed by atoms with Crippen molar-refractivity contribution >= 4 is 16.1 Å². The molecule has 2 unspecified atom stereocenters. The van der Waals surface area contributed by atoms with Gasteiger partial charge in [0.15, 0.2) is 0 Å². The van der Waals surface area contributed by atoms with Gasteiger partial charge < -0.3 is 5.32 Å². The van der Waals surface area contributed by atoms with Crippen LogP contribution >= 0.6 is 0 Å². The third-order valence-electron chi connectivity index (χ3n) is 3.15. The van der Waals surface area contributed by atoms with E-state index in [1.165, 1.54) is 4.31 Å². The second-order valence-corrected chi connectivity index (χ2v) is 5.71. The largest absolute Gasteiger partial charge is 0.353 e. The van der Waals surface area contributed by atoms with Gasteiger partial charge in [-0.05, 0) is 18.8 Å². The lowest BCUT2D eigenvalue weighted by Gasteiger charge is -2.39. The topological polar surface area (TPSA) is 92.5 Å². The molecule has 0 bridgehead atoms. The van der Waals surface area contributed by atoms with Gasteiger partial charge in [-0.2, -0.15) is 12.7 Å². The van der Waals surface area contributed by atoms with E-state index in [1.54, 1.807) is 0 Å². The summed E-state index contributed by atoms with van der Waals surface area (Å²) >= 11 is 0. The van der Waals surface area contributed by atoms with Crippen LogP contribution in [0.2, 0.25) is 0 Å². The summed E-state index contributed by atoms with van der Waals surface area (Å²) in [6, 6.07) is 0.129. The van der Waals surface area contributed by atoms with Gasteiger partial charge in [0.1, 0.15) is 0 Å². The molecule has 2 saturated heterocycles. The highest BCUT2D eigenvalue weighted by atomic mass is 32.2. The van der Waals surface area contributed by atoms with Crippen molar-refractivity contribution in [3.8, 4) is 0 Å². The van der Waals surface area contributed by atoms with Crippen molar-refractivity contribution in [2.24, 2.45) is 11.1 Å². The van der Waals surface area contributed by atoms with E-state index in [2.05, 4.69) is 5.32 Å². The molecule has 3 N–H and O–H groups in total. The Kier molecular flexibility index (Phi) is 2.70. The molecular weight excluding hydrogens is 218 g/mol. The van der Waals surface area contributed by atoms with Gasteiger partial charge in [-0.1, -0.05) is 0 Å². The molecule has 15 heavy (non-hydrogen) atoms. The smallest absolute Gasteiger partial charge is 0.276 e. The molecule has 2 fully saturated rings. The third-order valence-corrected chi connectivity index (χ3v) is 4.20. The molecular formula is C8H15N3O3S. The van der Waals surface area contributed by atoms with Gasteiger partial charge in [-0.15, -0.1) is 0 Å². The van der Waals surface area contributed by atoms with Crippen LogP contribution in [0.25, 0.3) is 0 Å². The van der Waals surface area contributed by atoms with E-state index in [0.29, 0.717) is 25.9 Å². The van der Waals surface area contributed by atoms with Crippen LogP contribution in [0.1, 0.15) is 19.3 Å². The quantitative estimate of drug-likeness (QED) is 0.595. The minimum absolute atomic E-state index is 0.0697. The molecule has 0 saturated carbocycles. The second-order valence-electron chi connectivity index (χ2n) is 4.16. The fraction of sp³-hybridized carbons (Fsp3) is 0.875. The van der Waals surface area contributed by atoms with Gasteiger partial charge in [0.2, 0.25) is 5.91 Å². The van der Waals surface area contributed by atoms with Gasteiger partial charge in [0, 0.05) is 25.6 Å². The van der Waals surface area contributed by atoms with Gasteiger partial charge in [-0.3, -0.25) is 4.79 Å². The molecule has 6 nitrogen and oxygen atoms in total. The normalized spacial score (nSPS) is 33.3. The summed E-state index contributed by atoms with van der Waals surface area (Å²) in [4.78, 5) is 11.1. The number of hydrogen-bond acceptors (Lipinski definition) is 3. The Morgan fingerprint density at radius 1 is 1.40 bits per heavy atom. The molecule has 86 valence electrons. The molecule has 0 spiro atoms. The molecule has 0 radical (unpaired) electrons. The predicted molar refractivity (Wildman–Crippen MR) is 54.0 cm³/mol. The van der Waals surface area contributed by atoms with E-state index in [0.717, 1.165) is 6.42 Å². The first-order chi connectivity index (χ1) is 6.97. The van der Waals surface area contributed by atoms with Crippen LogP contribution in [-0.4, -0.2) is 37.8 Å². The van der Waals surface area contributed by atoms with Gasteiger partial charge >= 0.3 is 0 Å². The molecule has 0 aromatic rings. The average molecular weight is 233 g/mol. The summed E-state index contributed by atoms with van der Waals surface area (Å²) in [5.74, 6) is 0.287. The Hall–Kier alpha value is -0.660. The Labute approximate surface area is 89.0 Å². The number of nitrogens with zero attached hydrogens (tertiary/aromatic N) is 1. The van der Waals surface area contributed by atoms with Crippen LogP contribution in [0.4, 0.5) is 0 Å². The van der Waals surface area contributed by atoms with Crippen molar-refractivity contribution in [1.29, 1.82) is 0 Å². The zero-order valence-electron chi connectivity index (χ0n) is 8.35. The summed E-state index contributed by atoms with van der Waals surface area (Å²) < 4.78 is 23.6. The minimum atomic E-state index is -3.57. The average Bonchev–Trinajstić information content (AvgIpc) is 2.15. The van der Waals surface area contributed by atoms with Gasteiger partial charge in [-0.25, -0.2) is 5.14 Å². The summed E-state index contributed by atoms with van der Waals surface area (Å²) in [7, 11) is -3.57. The summed E-state index contributed by atoms with van der Waals surface area (Å²) in [5.41, 5.74) is 0. The van der Waals surface area contributed by atoms with Crippen LogP contribution < -0.4 is 10.5 Å². The fourth-order valence-electron chi connectivity index (χ4n) is 2.31. The van der Waals surface area contributed by atoms with E-state index in [1.807, 2.05) is 0 Å². The molecule has 2 aliphatic heterocycles. The Morgan fingerprint density at radius 2 is 2.13 bits per heavy atom. The first kappa shape index (κ1) is 10.8. The minimum Gasteiger partial charge on any atom is -0.353 e. The first-order valence-corrected chi connectivity index (χ1v) is 6.54. The highest BCUT2D eigenvalue weighted by Gasteiger charge is 2.36. The van der Waals surface area contributed by atoms with E-state index in [9.17, 15) is 13.2 Å². The molecule has 2 heterocycles. The lowest BCUT2D eigenvalue weighted by atomic mass is 9.86. The molecule has 0 aromatic heterocycles. The van der Waals surface area contributed by atoms with Gasteiger partial charge in [0.25, 0.3) is 10.2 Å². The maximum atomic E-state index is 11.1. The SMILES string of the molecule is NS(=O)(=O)N1CCC2NC(=O)CCC2C1. The molecule has 0 aliphatic carbocycles. The monoisotopic (exact) mass is 233 g/mol. The summed E-state index contributed by atoms with van der Waals surface area (Å²) in [6.07, 6.45) is 1.90. The number of amides is 1. The number of hydrogen-bond donors (Lipinski definition) is 2. The molecule has 2 aliphatic rings. The van der Waals surface area contributed by atoms with Crippen LogP contribution in [0, 0.1) is 5.92 Å². The lowest BCUT2D eigenvalue weighted by molar-refractivity contribution is -0.124. The highest BCUT2D eigenvalue weighted by molar-refractivity contribution is 7.86. The zero-order chi connectivity index (χ0) is 11.1. The number of carbonyl (C=O) groups excluding carboxylic acids is 1. The van der Waals surface area contributed by atoms with Crippen LogP contribution in [0.15, 0.2) is 0 Å². The number of fused-ring (bicyclic) bond motifs is 1. The van der Waals surface area contributed by atoms with Crippen LogP contribution in [0.5, 0.6) is 0 Å². The molecule has 0 aromatic carbocycles. The second kappa shape index (κ2) is 3.73. The Balaban J connectivity index is 2.04. The van der Waals surface area contributed by atoms with E-state index < -0.39 is 10.2 Å². The number of nitrogens with one attached hydrogen (secondary N) is 1. The Morgan fingerprint density at radius 3 is 2.80 bits per heavy atom. The van der Waals surface area contributed by atoms with E-state index in [4.69, 9.17) is 5.14 Å². The van der Waals surface area contributed by atoms with Crippen molar-refractivity contribution in [2.75, 3.05) is 13.1 Å². The predicted octanol–water partition coefficient (Wildman–Crippen LogP) is -1.21. The van der Waals surface area contributed by atoms with Crippen molar-refractivity contribution in [3.05, 3.63) is 0 Å². The standard InChI is InChI=1S/C8H15N3O3S/c9-15(13,14)11-4-3-7-6(5-11)1-2-8(12)10-7/h6-7H,1-5H2,(H,10,12)(H2,9,13,14). The van der Waals surface area contributed by atoms with Crippen molar-refractivity contribution < 1.29 is 13.2 Å². The van der Waals surface area contributed by atoms with Gasteiger partial charge in [0.05, 0.1) is 0 Å². The molecule has 2 rings (SSSR count). The van der Waals surface area contributed by atoms with Crippen molar-refractivity contribution in [2.45, 2.75) is 25.3 Å². The van der Waals surface area contributed by atoms with E-state index >= 15 is 0 Å². The summed E-state index contributed by atoms with van der Waals surface area (Å²) in [5, 5.41) is 7.96. The van der Waals surface area contributed by atoms with Crippen molar-refractivity contribution in [1.82, 2.24) is 9.62 Å². The molecule has 1 amide bonds. The lowest BCUT2D eigenvalue weighted by Crippen LogP contribution is -2.56. The number of piperidine rings is 2. The molecule has 7 heteroatoms. The van der Waals surface area contributed by atoms with E-state index in [-0.39, 0.29) is 17.9 Å². The highest BCUT2D eigenvalue weighted by Crippen LogP contribution is 2.25. The summed E-state index contributed by atoms with van der Waals surface area (Å²) in [6.45, 7) is 0.837. The number of rotatable bonds is 1. The number of carbonyl (C=O) groups is 1. The third kappa shape index (κ3) is 2.30. The fourth-order valence-corrected chi connectivity index (χ4v) is 3.07. The molecule has 2 atom stereocenters.